The van der Waals surface area contributed by atoms with Crippen LogP contribution >= 0.6 is 0 Å². The summed E-state index contributed by atoms with van der Waals surface area (Å²) in [6, 6.07) is 8.64. The molecular weight excluding hydrogens is 308 g/mol. The molecule has 0 aliphatic carbocycles. The Kier molecular flexibility index (Phi) is 8.99. The zero-order chi connectivity index (χ0) is 19.0. The zero-order valence-electron chi connectivity index (χ0n) is 17.8. The Hall–Kier alpha value is -1.02. The van der Waals surface area contributed by atoms with Crippen molar-refractivity contribution in [1.82, 2.24) is 0 Å². The Morgan fingerprint density at radius 2 is 1.56 bits per heavy atom. The Labute approximate surface area is 156 Å². The number of benzene rings is 1. The van der Waals surface area contributed by atoms with Gasteiger partial charge < -0.3 is 9.47 Å². The predicted molar refractivity (Wildman–Crippen MR) is 108 cm³/mol. The summed E-state index contributed by atoms with van der Waals surface area (Å²) in [5, 5.41) is 0. The third-order valence-corrected chi connectivity index (χ3v) is 4.79. The van der Waals surface area contributed by atoms with Crippen LogP contribution in [0.2, 0.25) is 0 Å². The summed E-state index contributed by atoms with van der Waals surface area (Å²) in [6.45, 7) is 18.0. The first-order valence-electron chi connectivity index (χ1n) is 10.1. The molecule has 0 N–H and O–H groups in total. The monoisotopic (exact) mass is 348 g/mol. The minimum atomic E-state index is -0.212. The summed E-state index contributed by atoms with van der Waals surface area (Å²) in [4.78, 5) is 0. The van der Waals surface area contributed by atoms with Gasteiger partial charge in [-0.15, -0.1) is 0 Å². The quantitative estimate of drug-likeness (QED) is 0.417. The number of rotatable bonds is 10. The van der Waals surface area contributed by atoms with Crippen molar-refractivity contribution in [2.45, 2.75) is 99.4 Å². The van der Waals surface area contributed by atoms with Gasteiger partial charge in [0.15, 0.2) is 6.29 Å². The van der Waals surface area contributed by atoms with Gasteiger partial charge in [0.05, 0.1) is 6.10 Å². The maximum atomic E-state index is 6.01. The summed E-state index contributed by atoms with van der Waals surface area (Å²) < 4.78 is 12.0. The second-order valence-corrected chi connectivity index (χ2v) is 8.76. The van der Waals surface area contributed by atoms with Crippen molar-refractivity contribution in [2.24, 2.45) is 11.3 Å². The summed E-state index contributed by atoms with van der Waals surface area (Å²) in [7, 11) is 0. The molecule has 0 fully saturated rings. The van der Waals surface area contributed by atoms with E-state index >= 15 is 0 Å². The van der Waals surface area contributed by atoms with Gasteiger partial charge in [0.25, 0.3) is 0 Å². The number of ether oxygens (including phenoxy) is 2. The lowest BCUT2D eigenvalue weighted by atomic mass is 9.72. The van der Waals surface area contributed by atoms with Crippen molar-refractivity contribution in [3.8, 4) is 5.75 Å². The van der Waals surface area contributed by atoms with Gasteiger partial charge >= 0.3 is 0 Å². The van der Waals surface area contributed by atoms with E-state index in [2.05, 4.69) is 72.7 Å². The maximum Gasteiger partial charge on any atom is 0.197 e. The van der Waals surface area contributed by atoms with Crippen LogP contribution in [-0.4, -0.2) is 12.4 Å². The van der Waals surface area contributed by atoms with E-state index in [4.69, 9.17) is 9.47 Å². The van der Waals surface area contributed by atoms with Crippen molar-refractivity contribution in [3.63, 3.8) is 0 Å². The highest BCUT2D eigenvalue weighted by Crippen LogP contribution is 2.40. The fraction of sp³-hybridized carbons (Fsp3) is 0.739. The van der Waals surface area contributed by atoms with Crippen molar-refractivity contribution in [3.05, 3.63) is 29.8 Å². The summed E-state index contributed by atoms with van der Waals surface area (Å²) >= 11 is 0. The van der Waals surface area contributed by atoms with E-state index in [9.17, 15) is 0 Å². The molecule has 0 saturated carbocycles. The van der Waals surface area contributed by atoms with Gasteiger partial charge in [-0.05, 0) is 61.1 Å². The van der Waals surface area contributed by atoms with Gasteiger partial charge in [0.2, 0.25) is 0 Å². The van der Waals surface area contributed by atoms with Gasteiger partial charge in [-0.25, -0.2) is 0 Å². The number of hydrogen-bond acceptors (Lipinski definition) is 2. The summed E-state index contributed by atoms with van der Waals surface area (Å²) in [6.07, 6.45) is 4.55. The minimum Gasteiger partial charge on any atom is -0.465 e. The Morgan fingerprint density at radius 3 is 2.00 bits per heavy atom. The lowest BCUT2D eigenvalue weighted by molar-refractivity contribution is -0.110. The molecule has 0 heterocycles. The van der Waals surface area contributed by atoms with Crippen LogP contribution in [-0.2, 0) is 4.74 Å². The number of hydrogen-bond donors (Lipinski definition) is 0. The summed E-state index contributed by atoms with van der Waals surface area (Å²) in [5.74, 6) is 2.14. The van der Waals surface area contributed by atoms with Gasteiger partial charge in [0.1, 0.15) is 5.75 Å². The van der Waals surface area contributed by atoms with E-state index < -0.39 is 0 Å². The molecule has 1 aromatic carbocycles. The standard InChI is InChI=1S/C23H40O2/c1-9-11-20(10-2)24-18(5)25-21-14-12-19(13-15-21)22(16-17(3)4)23(6,7)8/h12-15,17-18,20,22H,9-11,16H2,1-8H3. The molecule has 0 aliphatic rings. The van der Waals surface area contributed by atoms with Gasteiger partial charge in [-0.2, -0.15) is 0 Å². The molecule has 0 aromatic heterocycles. The van der Waals surface area contributed by atoms with Crippen molar-refractivity contribution >= 4 is 0 Å². The minimum absolute atomic E-state index is 0.212. The normalized spacial score (nSPS) is 15.9. The lowest BCUT2D eigenvalue weighted by Gasteiger charge is -2.33. The molecule has 0 spiro atoms. The van der Waals surface area contributed by atoms with Crippen molar-refractivity contribution in [2.75, 3.05) is 0 Å². The third kappa shape index (κ3) is 7.81. The van der Waals surface area contributed by atoms with Gasteiger partial charge in [0, 0.05) is 0 Å². The molecule has 1 rings (SSSR count). The van der Waals surface area contributed by atoms with Crippen LogP contribution in [0, 0.1) is 11.3 Å². The molecule has 144 valence electrons. The first-order valence-corrected chi connectivity index (χ1v) is 10.1. The highest BCUT2D eigenvalue weighted by molar-refractivity contribution is 5.30. The van der Waals surface area contributed by atoms with E-state index in [0.717, 1.165) is 25.0 Å². The van der Waals surface area contributed by atoms with Crippen LogP contribution in [0.4, 0.5) is 0 Å². The smallest absolute Gasteiger partial charge is 0.197 e. The molecule has 1 aromatic rings. The van der Waals surface area contributed by atoms with Crippen LogP contribution in [0.5, 0.6) is 5.75 Å². The Balaban J connectivity index is 2.74. The van der Waals surface area contributed by atoms with Crippen LogP contribution in [0.25, 0.3) is 0 Å². The molecule has 0 saturated heterocycles. The molecule has 0 bridgehead atoms. The third-order valence-electron chi connectivity index (χ3n) is 4.79. The molecule has 25 heavy (non-hydrogen) atoms. The molecule has 0 radical (unpaired) electrons. The van der Waals surface area contributed by atoms with Crippen molar-refractivity contribution in [1.29, 1.82) is 0 Å². The maximum absolute atomic E-state index is 6.01. The van der Waals surface area contributed by atoms with Crippen LogP contribution in [0.15, 0.2) is 24.3 Å². The highest BCUT2D eigenvalue weighted by atomic mass is 16.7. The van der Waals surface area contributed by atoms with Crippen LogP contribution < -0.4 is 4.74 Å². The van der Waals surface area contributed by atoms with E-state index in [1.807, 2.05) is 6.92 Å². The topological polar surface area (TPSA) is 18.5 Å². The zero-order valence-corrected chi connectivity index (χ0v) is 17.8. The molecular formula is C23H40O2. The fourth-order valence-corrected chi connectivity index (χ4v) is 3.42. The molecule has 2 heteroatoms. The molecule has 3 atom stereocenters. The van der Waals surface area contributed by atoms with Gasteiger partial charge in [-0.1, -0.05) is 67.0 Å². The van der Waals surface area contributed by atoms with E-state index in [1.54, 1.807) is 0 Å². The average molecular weight is 349 g/mol. The van der Waals surface area contributed by atoms with Crippen LogP contribution in [0.1, 0.15) is 92.6 Å². The predicted octanol–water partition coefficient (Wildman–Crippen LogP) is 7.18. The second kappa shape index (κ2) is 10.2. The molecule has 0 amide bonds. The first kappa shape index (κ1) is 22.0. The first-order chi connectivity index (χ1) is 11.7. The van der Waals surface area contributed by atoms with E-state index in [1.165, 1.54) is 12.0 Å². The van der Waals surface area contributed by atoms with E-state index in [-0.39, 0.29) is 17.8 Å². The second-order valence-electron chi connectivity index (χ2n) is 8.76. The Bertz CT molecular complexity index is 470. The summed E-state index contributed by atoms with van der Waals surface area (Å²) in [5.41, 5.74) is 1.66. The lowest BCUT2D eigenvalue weighted by Crippen LogP contribution is -2.24. The van der Waals surface area contributed by atoms with Crippen molar-refractivity contribution < 1.29 is 9.47 Å². The molecule has 0 aliphatic heterocycles. The fourth-order valence-electron chi connectivity index (χ4n) is 3.42. The SMILES string of the molecule is CCCC(CC)OC(C)Oc1ccc(C(CC(C)C)C(C)(C)C)cc1. The highest BCUT2D eigenvalue weighted by Gasteiger charge is 2.27. The molecule has 2 nitrogen and oxygen atoms in total. The van der Waals surface area contributed by atoms with E-state index in [0.29, 0.717) is 11.8 Å². The van der Waals surface area contributed by atoms with Gasteiger partial charge in [-0.3, -0.25) is 0 Å². The average Bonchev–Trinajstić information content (AvgIpc) is 2.52. The van der Waals surface area contributed by atoms with Crippen LogP contribution in [0.3, 0.4) is 0 Å². The molecule has 3 unspecified atom stereocenters. The Morgan fingerprint density at radius 1 is 0.960 bits per heavy atom. The largest absolute Gasteiger partial charge is 0.465 e.